The Kier molecular flexibility index (Phi) is 6.06. The van der Waals surface area contributed by atoms with E-state index in [0.29, 0.717) is 22.5 Å². The zero-order valence-electron chi connectivity index (χ0n) is 17.7. The molecule has 1 aliphatic heterocycles. The number of nitrogens with one attached hydrogen (secondary N) is 2. The summed E-state index contributed by atoms with van der Waals surface area (Å²) in [6, 6.07) is 16.8. The smallest absolute Gasteiger partial charge is 0.311 e. The van der Waals surface area contributed by atoms with E-state index in [0.717, 1.165) is 12.1 Å². The van der Waals surface area contributed by atoms with Gasteiger partial charge in [-0.1, -0.05) is 48.5 Å². The maximum atomic E-state index is 13.4. The molecule has 0 aliphatic carbocycles. The summed E-state index contributed by atoms with van der Waals surface area (Å²) in [7, 11) is 1.51. The van der Waals surface area contributed by atoms with Gasteiger partial charge in [-0.3, -0.25) is 4.79 Å². The van der Waals surface area contributed by atoms with Crippen molar-refractivity contribution in [2.45, 2.75) is 12.3 Å². The topological polar surface area (TPSA) is 73.8 Å². The number of fused-ring (bicyclic) bond motifs is 1. The van der Waals surface area contributed by atoms with Crippen molar-refractivity contribution in [3.63, 3.8) is 0 Å². The summed E-state index contributed by atoms with van der Waals surface area (Å²) in [5.74, 6) is -1.70. The lowest BCUT2D eigenvalue weighted by Crippen LogP contribution is -2.47. The Morgan fingerprint density at radius 3 is 2.38 bits per heavy atom. The van der Waals surface area contributed by atoms with Crippen molar-refractivity contribution < 1.29 is 27.2 Å². The maximum Gasteiger partial charge on any atom is 0.418 e. The van der Waals surface area contributed by atoms with E-state index in [2.05, 4.69) is 10.3 Å². The second kappa shape index (κ2) is 8.97. The number of hydrogen-bond donors (Lipinski definition) is 2. The molecule has 0 bridgehead atoms. The number of likely N-dealkylation sites (N-methyl/N-ethyl adjacent to an activating group) is 1. The van der Waals surface area contributed by atoms with Gasteiger partial charge in [0, 0.05) is 18.2 Å². The van der Waals surface area contributed by atoms with Gasteiger partial charge in [0.15, 0.2) is 0 Å². The van der Waals surface area contributed by atoms with Crippen molar-refractivity contribution in [3.05, 3.63) is 95.3 Å². The number of carbonyl (C=O) groups excluding carboxylic acids is 2. The molecule has 1 atom stereocenters. The zero-order valence-corrected chi connectivity index (χ0v) is 17.7. The maximum absolute atomic E-state index is 13.4. The monoisotopic (exact) mass is 470 g/mol. The van der Waals surface area contributed by atoms with Crippen LogP contribution in [-0.2, 0) is 11.0 Å². The van der Waals surface area contributed by atoms with Gasteiger partial charge in [-0.05, 0) is 24.3 Å². The summed E-state index contributed by atoms with van der Waals surface area (Å²) >= 11 is 0. The van der Waals surface area contributed by atoms with Crippen molar-refractivity contribution >= 4 is 29.0 Å². The van der Waals surface area contributed by atoms with Crippen LogP contribution in [0.15, 0.2) is 77.8 Å². The summed E-state index contributed by atoms with van der Waals surface area (Å²) in [6.07, 6.45) is -6.33. The van der Waals surface area contributed by atoms with Crippen LogP contribution in [0.1, 0.15) is 16.7 Å². The summed E-state index contributed by atoms with van der Waals surface area (Å²) in [4.78, 5) is 31.5. The summed E-state index contributed by atoms with van der Waals surface area (Å²) in [5, 5.41) is 4.37. The number of para-hydroxylation sites is 1. The minimum Gasteiger partial charge on any atom is -0.311 e. The Balaban J connectivity index is 1.68. The van der Waals surface area contributed by atoms with Gasteiger partial charge >= 0.3 is 12.2 Å². The Bertz CT molecular complexity index is 1280. The van der Waals surface area contributed by atoms with Gasteiger partial charge < -0.3 is 15.5 Å². The second-order valence-corrected chi connectivity index (χ2v) is 7.45. The summed E-state index contributed by atoms with van der Waals surface area (Å²) in [6.45, 7) is 0. The number of rotatable bonds is 3. The van der Waals surface area contributed by atoms with Crippen LogP contribution in [0.5, 0.6) is 0 Å². The van der Waals surface area contributed by atoms with E-state index in [-0.39, 0.29) is 6.07 Å². The standard InChI is InChI=1S/C24H18F4N4O2/c1-32-19-10-6-5-9-16(19)20(14-7-3-2-4-8-14)30-21(22(32)33)31-23(34)29-18-12-11-15(25)13-17(18)24(26,27)28/h2-13,21H,1H3,(H2,29,31,34)/t21-/m0/s1. The van der Waals surface area contributed by atoms with Crippen LogP contribution in [0.25, 0.3) is 0 Å². The largest absolute Gasteiger partial charge is 0.418 e. The van der Waals surface area contributed by atoms with E-state index in [1.54, 1.807) is 48.5 Å². The number of hydrogen-bond acceptors (Lipinski definition) is 3. The predicted octanol–water partition coefficient (Wildman–Crippen LogP) is 4.81. The first kappa shape index (κ1) is 23.0. The number of nitrogens with zero attached hydrogens (tertiary/aromatic N) is 2. The number of alkyl halides is 3. The molecule has 4 rings (SSSR count). The van der Waals surface area contributed by atoms with Gasteiger partial charge in [-0.25, -0.2) is 14.2 Å². The first-order chi connectivity index (χ1) is 16.1. The van der Waals surface area contributed by atoms with Crippen molar-refractivity contribution in [2.75, 3.05) is 17.3 Å². The molecule has 3 aromatic rings. The van der Waals surface area contributed by atoms with Crippen LogP contribution in [0, 0.1) is 5.82 Å². The number of amides is 3. The fraction of sp³-hybridized carbons (Fsp3) is 0.125. The van der Waals surface area contributed by atoms with Gasteiger partial charge in [0.05, 0.1) is 22.6 Å². The Hall–Kier alpha value is -4.21. The van der Waals surface area contributed by atoms with Crippen LogP contribution in [0.4, 0.5) is 33.7 Å². The fourth-order valence-electron chi connectivity index (χ4n) is 3.59. The van der Waals surface area contributed by atoms with Crippen molar-refractivity contribution in [1.82, 2.24) is 5.32 Å². The third-order valence-electron chi connectivity index (χ3n) is 5.19. The highest BCUT2D eigenvalue weighted by molar-refractivity contribution is 6.20. The normalized spacial score (nSPS) is 15.8. The molecular weight excluding hydrogens is 452 g/mol. The first-order valence-corrected chi connectivity index (χ1v) is 10.1. The second-order valence-electron chi connectivity index (χ2n) is 7.45. The molecular formula is C24H18F4N4O2. The first-order valence-electron chi connectivity index (χ1n) is 10.1. The minimum atomic E-state index is -4.90. The molecule has 1 aliphatic rings. The van der Waals surface area contributed by atoms with Gasteiger partial charge in [-0.2, -0.15) is 13.2 Å². The molecule has 2 N–H and O–H groups in total. The van der Waals surface area contributed by atoms with Crippen LogP contribution >= 0.6 is 0 Å². The Morgan fingerprint density at radius 1 is 1.00 bits per heavy atom. The van der Waals surface area contributed by atoms with Crippen LogP contribution < -0.4 is 15.5 Å². The number of benzodiazepines with no additional fused rings is 1. The number of aliphatic imine (C=N–C) groups is 1. The van der Waals surface area contributed by atoms with Crippen molar-refractivity contribution in [2.24, 2.45) is 4.99 Å². The molecule has 3 aromatic carbocycles. The number of urea groups is 1. The van der Waals surface area contributed by atoms with Gasteiger partial charge in [0.1, 0.15) is 5.82 Å². The van der Waals surface area contributed by atoms with E-state index < -0.39 is 41.3 Å². The molecule has 0 unspecified atom stereocenters. The highest BCUT2D eigenvalue weighted by Gasteiger charge is 2.35. The third-order valence-corrected chi connectivity index (χ3v) is 5.19. The molecule has 6 nitrogen and oxygen atoms in total. The zero-order chi connectivity index (χ0) is 24.5. The molecule has 0 saturated carbocycles. The minimum absolute atomic E-state index is 0.280. The highest BCUT2D eigenvalue weighted by Crippen LogP contribution is 2.35. The predicted molar refractivity (Wildman–Crippen MR) is 119 cm³/mol. The molecule has 10 heteroatoms. The summed E-state index contributed by atoms with van der Waals surface area (Å²) < 4.78 is 53.2. The van der Waals surface area contributed by atoms with Crippen LogP contribution in [-0.4, -0.2) is 30.9 Å². The highest BCUT2D eigenvalue weighted by atomic mass is 19.4. The number of halogens is 4. The van der Waals surface area contributed by atoms with E-state index in [4.69, 9.17) is 0 Å². The number of anilines is 2. The van der Waals surface area contributed by atoms with Gasteiger partial charge in [0.2, 0.25) is 6.17 Å². The molecule has 0 fully saturated rings. The molecule has 0 aromatic heterocycles. The quantitative estimate of drug-likeness (QED) is 0.540. The fourth-order valence-corrected chi connectivity index (χ4v) is 3.59. The Morgan fingerprint density at radius 2 is 1.68 bits per heavy atom. The average Bonchev–Trinajstić information content (AvgIpc) is 2.91. The van der Waals surface area contributed by atoms with Gasteiger partial charge in [-0.15, -0.1) is 0 Å². The van der Waals surface area contributed by atoms with E-state index in [1.807, 2.05) is 11.4 Å². The average molecular weight is 470 g/mol. The molecule has 0 radical (unpaired) electrons. The molecule has 174 valence electrons. The lowest BCUT2D eigenvalue weighted by Gasteiger charge is -2.21. The molecule has 34 heavy (non-hydrogen) atoms. The van der Waals surface area contributed by atoms with E-state index in [9.17, 15) is 27.2 Å². The lowest BCUT2D eigenvalue weighted by atomic mass is 10.0. The van der Waals surface area contributed by atoms with Crippen molar-refractivity contribution in [1.29, 1.82) is 0 Å². The van der Waals surface area contributed by atoms with Crippen molar-refractivity contribution in [3.8, 4) is 0 Å². The number of benzene rings is 3. The lowest BCUT2D eigenvalue weighted by molar-refractivity contribution is -0.137. The third kappa shape index (κ3) is 4.61. The Labute approximate surface area is 191 Å². The van der Waals surface area contributed by atoms with Crippen LogP contribution in [0.3, 0.4) is 0 Å². The van der Waals surface area contributed by atoms with Crippen LogP contribution in [0.2, 0.25) is 0 Å². The number of carbonyl (C=O) groups is 2. The molecule has 0 saturated heterocycles. The molecule has 0 spiro atoms. The molecule has 3 amide bonds. The molecule has 1 heterocycles. The summed E-state index contributed by atoms with van der Waals surface area (Å²) in [5.41, 5.74) is 0.300. The SMILES string of the molecule is CN1C(=O)[C@H](NC(=O)Nc2ccc(F)cc2C(F)(F)F)N=C(c2ccccc2)c2ccccc21. The van der Waals surface area contributed by atoms with E-state index in [1.165, 1.54) is 11.9 Å². The van der Waals surface area contributed by atoms with Gasteiger partial charge in [0.25, 0.3) is 5.91 Å². The van der Waals surface area contributed by atoms with E-state index >= 15 is 0 Å².